The van der Waals surface area contributed by atoms with Crippen LogP contribution in [0.2, 0.25) is 0 Å². The van der Waals surface area contributed by atoms with E-state index in [1.165, 1.54) is 7.11 Å². The Hall–Kier alpha value is -0.650. The number of piperidine rings is 1. The topological polar surface area (TPSA) is 59.6 Å². The molecule has 0 bridgehead atoms. The van der Waals surface area contributed by atoms with Gasteiger partial charge < -0.3 is 14.8 Å². The summed E-state index contributed by atoms with van der Waals surface area (Å²) < 4.78 is 10.5. The second kappa shape index (κ2) is 4.47. The highest BCUT2D eigenvalue weighted by atomic mass is 16.5. The van der Waals surface area contributed by atoms with Crippen molar-refractivity contribution in [3.05, 3.63) is 0 Å². The van der Waals surface area contributed by atoms with Crippen LogP contribution < -0.4 is 10.6 Å². The second-order valence-corrected chi connectivity index (χ2v) is 4.20. The number of carbonyl (C=O) groups excluding carboxylic acids is 1. The van der Waals surface area contributed by atoms with Crippen LogP contribution in [0.3, 0.4) is 0 Å². The van der Waals surface area contributed by atoms with Crippen LogP contribution >= 0.6 is 0 Å². The Labute approximate surface area is 89.5 Å². The van der Waals surface area contributed by atoms with Crippen LogP contribution in [0.1, 0.15) is 12.8 Å². The first kappa shape index (κ1) is 10.9. The number of nitrogens with one attached hydrogen (secondary N) is 2. The molecule has 1 spiro atoms. The number of morpholine rings is 1. The molecule has 2 heterocycles. The molecule has 15 heavy (non-hydrogen) atoms. The van der Waals surface area contributed by atoms with Crippen molar-refractivity contribution in [3.8, 4) is 0 Å². The van der Waals surface area contributed by atoms with Gasteiger partial charge in [-0.05, 0) is 25.9 Å². The predicted octanol–water partition coefficient (Wildman–Crippen LogP) is -0.730. The number of esters is 1. The summed E-state index contributed by atoms with van der Waals surface area (Å²) in [5.74, 6) is -0.237. The monoisotopic (exact) mass is 214 g/mol. The van der Waals surface area contributed by atoms with Crippen LogP contribution in [0, 0.1) is 0 Å². The first-order valence-corrected chi connectivity index (χ1v) is 5.42. The summed E-state index contributed by atoms with van der Waals surface area (Å²) in [7, 11) is 1.40. The van der Waals surface area contributed by atoms with E-state index in [9.17, 15) is 4.79 Å². The molecule has 1 atom stereocenters. The number of hydrogen-bond acceptors (Lipinski definition) is 5. The lowest BCUT2D eigenvalue weighted by atomic mass is 9.90. The number of rotatable bonds is 1. The smallest absolute Gasteiger partial charge is 0.325 e. The van der Waals surface area contributed by atoms with Gasteiger partial charge in [-0.15, -0.1) is 0 Å². The average Bonchev–Trinajstić information content (AvgIpc) is 2.30. The van der Waals surface area contributed by atoms with Gasteiger partial charge in [0.15, 0.2) is 0 Å². The summed E-state index contributed by atoms with van der Waals surface area (Å²) in [6.07, 6.45) is 2.02. The van der Waals surface area contributed by atoms with Crippen LogP contribution in [0.15, 0.2) is 0 Å². The molecule has 2 aliphatic rings. The van der Waals surface area contributed by atoms with E-state index in [2.05, 4.69) is 15.4 Å². The fourth-order valence-corrected chi connectivity index (χ4v) is 2.18. The van der Waals surface area contributed by atoms with Gasteiger partial charge in [0.25, 0.3) is 0 Å². The van der Waals surface area contributed by atoms with Crippen LogP contribution in [-0.2, 0) is 14.3 Å². The summed E-state index contributed by atoms with van der Waals surface area (Å²) in [5, 5.41) is 6.51. The molecule has 0 aromatic heterocycles. The molecule has 2 aliphatic heterocycles. The minimum absolute atomic E-state index is 0.0598. The summed E-state index contributed by atoms with van der Waals surface area (Å²) >= 11 is 0. The van der Waals surface area contributed by atoms with Crippen molar-refractivity contribution in [1.82, 2.24) is 10.6 Å². The third kappa shape index (κ3) is 2.30. The molecule has 0 aromatic carbocycles. The third-order valence-electron chi connectivity index (χ3n) is 3.23. The van der Waals surface area contributed by atoms with Gasteiger partial charge in [0.05, 0.1) is 19.3 Å². The maximum absolute atomic E-state index is 11.3. The molecule has 2 fully saturated rings. The summed E-state index contributed by atoms with van der Waals surface area (Å²) in [4.78, 5) is 11.3. The zero-order chi connectivity index (χ0) is 10.7. The number of ether oxygens (including phenoxy) is 2. The molecule has 0 radical (unpaired) electrons. The van der Waals surface area contributed by atoms with Crippen LogP contribution in [0.4, 0.5) is 0 Å². The predicted molar refractivity (Wildman–Crippen MR) is 54.6 cm³/mol. The van der Waals surface area contributed by atoms with Gasteiger partial charge in [-0.3, -0.25) is 10.1 Å². The molecule has 5 nitrogen and oxygen atoms in total. The van der Waals surface area contributed by atoms with Gasteiger partial charge in [-0.1, -0.05) is 0 Å². The Kier molecular flexibility index (Phi) is 3.23. The Morgan fingerprint density at radius 2 is 2.20 bits per heavy atom. The minimum Gasteiger partial charge on any atom is -0.468 e. The fraction of sp³-hybridized carbons (Fsp3) is 0.900. The van der Waals surface area contributed by atoms with Crippen LogP contribution in [0.25, 0.3) is 0 Å². The molecular weight excluding hydrogens is 196 g/mol. The summed E-state index contributed by atoms with van der Waals surface area (Å²) in [6, 6.07) is -0.296. The highest BCUT2D eigenvalue weighted by Gasteiger charge is 2.39. The van der Waals surface area contributed by atoms with Crippen molar-refractivity contribution in [2.24, 2.45) is 0 Å². The lowest BCUT2D eigenvalue weighted by Gasteiger charge is -2.42. The number of carbonyl (C=O) groups is 1. The summed E-state index contributed by atoms with van der Waals surface area (Å²) in [5.41, 5.74) is -0.0598. The molecule has 0 aliphatic carbocycles. The zero-order valence-corrected chi connectivity index (χ0v) is 9.04. The fourth-order valence-electron chi connectivity index (χ4n) is 2.18. The van der Waals surface area contributed by atoms with E-state index < -0.39 is 0 Å². The van der Waals surface area contributed by atoms with Crippen molar-refractivity contribution in [3.63, 3.8) is 0 Å². The van der Waals surface area contributed by atoms with E-state index in [1.54, 1.807) is 0 Å². The first-order valence-electron chi connectivity index (χ1n) is 5.42. The SMILES string of the molecule is COC(=O)C1COC2(CCNCC2)CN1. The molecule has 2 saturated heterocycles. The molecule has 2 N–H and O–H groups in total. The Morgan fingerprint density at radius 3 is 2.73 bits per heavy atom. The van der Waals surface area contributed by atoms with Gasteiger partial charge in [0.1, 0.15) is 6.04 Å². The van der Waals surface area contributed by atoms with E-state index in [0.717, 1.165) is 32.5 Å². The maximum atomic E-state index is 11.3. The maximum Gasteiger partial charge on any atom is 0.325 e. The molecular formula is C10H18N2O3. The summed E-state index contributed by atoms with van der Waals surface area (Å²) in [6.45, 7) is 3.15. The first-order chi connectivity index (χ1) is 7.26. The highest BCUT2D eigenvalue weighted by Crippen LogP contribution is 2.25. The Morgan fingerprint density at radius 1 is 1.47 bits per heavy atom. The van der Waals surface area contributed by atoms with Gasteiger partial charge in [-0.25, -0.2) is 0 Å². The van der Waals surface area contributed by atoms with E-state index in [4.69, 9.17) is 4.74 Å². The van der Waals surface area contributed by atoms with Crippen molar-refractivity contribution >= 4 is 5.97 Å². The molecule has 2 rings (SSSR count). The molecule has 86 valence electrons. The Balaban J connectivity index is 1.88. The zero-order valence-electron chi connectivity index (χ0n) is 9.04. The van der Waals surface area contributed by atoms with Crippen molar-refractivity contribution in [1.29, 1.82) is 0 Å². The lowest BCUT2D eigenvalue weighted by molar-refractivity contribution is -0.154. The second-order valence-electron chi connectivity index (χ2n) is 4.20. The van der Waals surface area contributed by atoms with Gasteiger partial charge in [-0.2, -0.15) is 0 Å². The lowest BCUT2D eigenvalue weighted by Crippen LogP contribution is -2.60. The molecule has 0 aromatic rings. The van der Waals surface area contributed by atoms with E-state index in [-0.39, 0.29) is 17.6 Å². The average molecular weight is 214 g/mol. The van der Waals surface area contributed by atoms with Crippen molar-refractivity contribution < 1.29 is 14.3 Å². The van der Waals surface area contributed by atoms with E-state index >= 15 is 0 Å². The van der Waals surface area contributed by atoms with E-state index in [1.807, 2.05) is 0 Å². The van der Waals surface area contributed by atoms with Gasteiger partial charge in [0, 0.05) is 6.54 Å². The van der Waals surface area contributed by atoms with Crippen LogP contribution in [0.5, 0.6) is 0 Å². The highest BCUT2D eigenvalue weighted by molar-refractivity contribution is 5.75. The Bertz CT molecular complexity index is 229. The largest absolute Gasteiger partial charge is 0.468 e. The number of methoxy groups -OCH3 is 1. The molecule has 1 unspecified atom stereocenters. The van der Waals surface area contributed by atoms with Gasteiger partial charge in [0.2, 0.25) is 0 Å². The van der Waals surface area contributed by atoms with E-state index in [0.29, 0.717) is 6.61 Å². The molecule has 5 heteroatoms. The normalized spacial score (nSPS) is 30.1. The quantitative estimate of drug-likeness (QED) is 0.564. The molecule has 0 amide bonds. The van der Waals surface area contributed by atoms with Crippen LogP contribution in [-0.4, -0.2) is 51.0 Å². The number of hydrogen-bond donors (Lipinski definition) is 2. The molecule has 0 saturated carbocycles. The van der Waals surface area contributed by atoms with Crippen molar-refractivity contribution in [2.75, 3.05) is 33.4 Å². The minimum atomic E-state index is -0.296. The standard InChI is InChI=1S/C10H18N2O3/c1-14-9(13)8-6-15-10(7-12-8)2-4-11-5-3-10/h8,11-12H,2-7H2,1H3. The van der Waals surface area contributed by atoms with Gasteiger partial charge >= 0.3 is 5.97 Å². The van der Waals surface area contributed by atoms with Crippen molar-refractivity contribution in [2.45, 2.75) is 24.5 Å². The third-order valence-corrected chi connectivity index (χ3v) is 3.23.